The van der Waals surface area contributed by atoms with Crippen molar-refractivity contribution in [3.63, 3.8) is 0 Å². The molecule has 0 fully saturated rings. The minimum atomic E-state index is -0.0496. The topological polar surface area (TPSA) is 55.2 Å². The minimum absolute atomic E-state index is 0.0496. The Bertz CT molecular complexity index is 1070. The molecule has 0 spiro atoms. The van der Waals surface area contributed by atoms with Crippen molar-refractivity contribution in [2.75, 3.05) is 13.1 Å². The number of benzene rings is 2. The highest BCUT2D eigenvalue weighted by Crippen LogP contribution is 2.22. The first-order chi connectivity index (χ1) is 13.7. The van der Waals surface area contributed by atoms with Crippen LogP contribution in [0.3, 0.4) is 0 Å². The Morgan fingerprint density at radius 1 is 1.04 bits per heavy atom. The standard InChI is InChI=1S/C23H23N3O2/c27-22(25-15-12-19(13-16-25)18-7-2-1-3-8-18)11-6-14-26-17-24-21-10-5-4-9-20(21)23(26)28/h1-5,7-10,12,17H,6,11,13-16H2. The van der Waals surface area contributed by atoms with E-state index in [4.69, 9.17) is 0 Å². The highest BCUT2D eigenvalue weighted by molar-refractivity contribution is 5.78. The second-order valence-electron chi connectivity index (χ2n) is 7.05. The molecule has 0 radical (unpaired) electrons. The van der Waals surface area contributed by atoms with Gasteiger partial charge in [0.1, 0.15) is 0 Å². The molecule has 2 aromatic carbocycles. The number of nitrogens with zero attached hydrogens (tertiary/aromatic N) is 3. The number of carbonyl (C=O) groups excluding carboxylic acids is 1. The summed E-state index contributed by atoms with van der Waals surface area (Å²) < 4.78 is 1.60. The fourth-order valence-corrected chi connectivity index (χ4v) is 3.63. The third-order valence-corrected chi connectivity index (χ3v) is 5.23. The Balaban J connectivity index is 1.33. The van der Waals surface area contributed by atoms with Crippen LogP contribution >= 0.6 is 0 Å². The summed E-state index contributed by atoms with van der Waals surface area (Å²) in [6.45, 7) is 1.90. The number of hydrogen-bond donors (Lipinski definition) is 0. The Kier molecular flexibility index (Phi) is 5.33. The maximum absolute atomic E-state index is 12.5. The lowest BCUT2D eigenvalue weighted by molar-refractivity contribution is -0.130. The van der Waals surface area contributed by atoms with Gasteiger partial charge in [0.05, 0.1) is 17.2 Å². The molecule has 2 heterocycles. The normalized spacial score (nSPS) is 14.1. The monoisotopic (exact) mass is 373 g/mol. The largest absolute Gasteiger partial charge is 0.339 e. The first kappa shape index (κ1) is 18.2. The molecule has 1 aliphatic heterocycles. The second kappa shape index (κ2) is 8.21. The number of amides is 1. The van der Waals surface area contributed by atoms with E-state index in [-0.39, 0.29) is 11.5 Å². The lowest BCUT2D eigenvalue weighted by Crippen LogP contribution is -2.34. The van der Waals surface area contributed by atoms with Crippen LogP contribution in [-0.4, -0.2) is 33.4 Å². The molecular formula is C23H23N3O2. The van der Waals surface area contributed by atoms with Gasteiger partial charge in [-0.2, -0.15) is 0 Å². The summed E-state index contributed by atoms with van der Waals surface area (Å²) in [5.41, 5.74) is 3.19. The molecule has 4 rings (SSSR count). The molecule has 3 aromatic rings. The lowest BCUT2D eigenvalue weighted by Gasteiger charge is -2.27. The molecule has 0 bridgehead atoms. The minimum Gasteiger partial charge on any atom is -0.339 e. The van der Waals surface area contributed by atoms with E-state index in [1.54, 1.807) is 17.0 Å². The van der Waals surface area contributed by atoms with Crippen molar-refractivity contribution in [3.8, 4) is 0 Å². The van der Waals surface area contributed by atoms with E-state index in [0.717, 1.165) is 13.0 Å². The van der Waals surface area contributed by atoms with Gasteiger partial charge in [-0.15, -0.1) is 0 Å². The highest BCUT2D eigenvalue weighted by Gasteiger charge is 2.17. The van der Waals surface area contributed by atoms with Crippen LogP contribution in [-0.2, 0) is 11.3 Å². The van der Waals surface area contributed by atoms with Crippen LogP contribution in [0.25, 0.3) is 16.5 Å². The third kappa shape index (κ3) is 3.88. The molecule has 28 heavy (non-hydrogen) atoms. The van der Waals surface area contributed by atoms with Crippen LogP contribution in [0, 0.1) is 0 Å². The number of hydrogen-bond acceptors (Lipinski definition) is 3. The second-order valence-corrected chi connectivity index (χ2v) is 7.05. The molecule has 0 saturated carbocycles. The molecular weight excluding hydrogens is 350 g/mol. The summed E-state index contributed by atoms with van der Waals surface area (Å²) in [7, 11) is 0. The lowest BCUT2D eigenvalue weighted by atomic mass is 9.99. The van der Waals surface area contributed by atoms with E-state index < -0.39 is 0 Å². The third-order valence-electron chi connectivity index (χ3n) is 5.23. The van der Waals surface area contributed by atoms with Crippen LogP contribution in [0.15, 0.2) is 71.8 Å². The van der Waals surface area contributed by atoms with Gasteiger partial charge in [-0.1, -0.05) is 48.5 Å². The van der Waals surface area contributed by atoms with Gasteiger partial charge in [0.15, 0.2) is 0 Å². The molecule has 5 heteroatoms. The van der Waals surface area contributed by atoms with Crippen LogP contribution < -0.4 is 5.56 Å². The SMILES string of the molecule is O=C(CCCn1cnc2ccccc2c1=O)N1CC=C(c2ccccc2)CC1. The molecule has 0 aliphatic carbocycles. The maximum Gasteiger partial charge on any atom is 0.261 e. The zero-order valence-electron chi connectivity index (χ0n) is 15.8. The number of para-hydroxylation sites is 1. The summed E-state index contributed by atoms with van der Waals surface area (Å²) in [6.07, 6.45) is 5.67. The van der Waals surface area contributed by atoms with E-state index in [9.17, 15) is 9.59 Å². The maximum atomic E-state index is 12.5. The smallest absolute Gasteiger partial charge is 0.261 e. The Labute approximate surface area is 163 Å². The van der Waals surface area contributed by atoms with Crippen molar-refractivity contribution in [1.82, 2.24) is 14.5 Å². The summed E-state index contributed by atoms with van der Waals surface area (Å²) in [6, 6.07) is 17.6. The van der Waals surface area contributed by atoms with Gasteiger partial charge >= 0.3 is 0 Å². The molecule has 0 saturated heterocycles. The Morgan fingerprint density at radius 2 is 1.82 bits per heavy atom. The Hall–Kier alpha value is -3.21. The van der Waals surface area contributed by atoms with Crippen LogP contribution in [0.5, 0.6) is 0 Å². The predicted molar refractivity (Wildman–Crippen MR) is 111 cm³/mol. The zero-order chi connectivity index (χ0) is 19.3. The van der Waals surface area contributed by atoms with Crippen molar-refractivity contribution in [1.29, 1.82) is 0 Å². The molecule has 1 aromatic heterocycles. The summed E-state index contributed by atoms with van der Waals surface area (Å²) in [5.74, 6) is 0.144. The zero-order valence-corrected chi connectivity index (χ0v) is 15.8. The molecule has 0 N–H and O–H groups in total. The quantitative estimate of drug-likeness (QED) is 0.688. The number of rotatable bonds is 5. The number of fused-ring (bicyclic) bond motifs is 1. The van der Waals surface area contributed by atoms with E-state index in [0.29, 0.717) is 36.8 Å². The molecule has 5 nitrogen and oxygen atoms in total. The molecule has 142 valence electrons. The first-order valence-corrected chi connectivity index (χ1v) is 9.69. The summed E-state index contributed by atoms with van der Waals surface area (Å²) >= 11 is 0. The summed E-state index contributed by atoms with van der Waals surface area (Å²) in [5, 5.41) is 0.617. The number of aryl methyl sites for hydroxylation is 1. The van der Waals surface area contributed by atoms with Crippen LogP contribution in [0.2, 0.25) is 0 Å². The Morgan fingerprint density at radius 3 is 2.61 bits per heavy atom. The van der Waals surface area contributed by atoms with Crippen LogP contribution in [0.1, 0.15) is 24.8 Å². The van der Waals surface area contributed by atoms with Gasteiger partial charge in [-0.05, 0) is 36.1 Å². The fourth-order valence-electron chi connectivity index (χ4n) is 3.63. The van der Waals surface area contributed by atoms with Gasteiger partial charge in [-0.25, -0.2) is 4.98 Å². The van der Waals surface area contributed by atoms with Crippen molar-refractivity contribution >= 4 is 22.4 Å². The van der Waals surface area contributed by atoms with Crippen molar-refractivity contribution in [2.45, 2.75) is 25.8 Å². The van der Waals surface area contributed by atoms with Gasteiger partial charge in [0.25, 0.3) is 5.56 Å². The predicted octanol–water partition coefficient (Wildman–Crippen LogP) is 3.49. The van der Waals surface area contributed by atoms with E-state index >= 15 is 0 Å². The van der Waals surface area contributed by atoms with Crippen LogP contribution in [0.4, 0.5) is 0 Å². The summed E-state index contributed by atoms with van der Waals surface area (Å²) in [4.78, 5) is 31.2. The molecule has 0 unspecified atom stereocenters. The molecule has 1 amide bonds. The average Bonchev–Trinajstić information content (AvgIpc) is 2.76. The van der Waals surface area contributed by atoms with Crippen molar-refractivity contribution in [2.24, 2.45) is 0 Å². The fraction of sp³-hybridized carbons (Fsp3) is 0.261. The molecule has 1 aliphatic rings. The highest BCUT2D eigenvalue weighted by atomic mass is 16.2. The van der Waals surface area contributed by atoms with Gasteiger partial charge in [0, 0.05) is 26.1 Å². The van der Waals surface area contributed by atoms with Gasteiger partial charge in [-0.3, -0.25) is 14.2 Å². The molecule has 0 atom stereocenters. The number of carbonyl (C=O) groups is 1. The van der Waals surface area contributed by atoms with Crippen molar-refractivity contribution in [3.05, 3.63) is 82.9 Å². The number of aromatic nitrogens is 2. The van der Waals surface area contributed by atoms with Gasteiger partial charge < -0.3 is 4.90 Å². The first-order valence-electron chi connectivity index (χ1n) is 9.69. The van der Waals surface area contributed by atoms with E-state index in [2.05, 4.69) is 23.2 Å². The van der Waals surface area contributed by atoms with Gasteiger partial charge in [0.2, 0.25) is 5.91 Å². The average molecular weight is 373 g/mol. The van der Waals surface area contributed by atoms with E-state index in [1.807, 2.05) is 41.3 Å². The van der Waals surface area contributed by atoms with E-state index in [1.165, 1.54) is 11.1 Å². The van der Waals surface area contributed by atoms with Crippen molar-refractivity contribution < 1.29 is 4.79 Å².